The second-order valence-electron chi connectivity index (χ2n) is 3.99. The van der Waals surface area contributed by atoms with Crippen molar-refractivity contribution < 1.29 is 0 Å². The highest BCUT2D eigenvalue weighted by atomic mass is 32.1. The van der Waals surface area contributed by atoms with Gasteiger partial charge in [-0.15, -0.1) is 11.3 Å². The van der Waals surface area contributed by atoms with Crippen LogP contribution in [-0.4, -0.2) is 4.98 Å². The van der Waals surface area contributed by atoms with Gasteiger partial charge in [0.1, 0.15) is 10.9 Å². The van der Waals surface area contributed by atoms with Crippen molar-refractivity contribution in [1.29, 1.82) is 5.26 Å². The number of thiazole rings is 1. The summed E-state index contributed by atoms with van der Waals surface area (Å²) in [5.41, 5.74) is 1.97. The molecule has 1 atom stereocenters. The third kappa shape index (κ3) is 1.87. The summed E-state index contributed by atoms with van der Waals surface area (Å²) in [6.07, 6.45) is 0. The molecule has 0 radical (unpaired) electrons. The van der Waals surface area contributed by atoms with E-state index >= 15 is 0 Å². The zero-order valence-electron chi connectivity index (χ0n) is 9.58. The van der Waals surface area contributed by atoms with E-state index in [9.17, 15) is 5.26 Å². The molecule has 86 valence electrons. The van der Waals surface area contributed by atoms with Crippen LogP contribution in [0.4, 0.5) is 0 Å². The van der Waals surface area contributed by atoms with E-state index in [0.29, 0.717) is 0 Å². The fourth-order valence-corrected chi connectivity index (χ4v) is 2.97. The lowest BCUT2D eigenvalue weighted by atomic mass is 10.0. The Kier molecular flexibility index (Phi) is 2.79. The Labute approximate surface area is 109 Å². The van der Waals surface area contributed by atoms with Crippen LogP contribution >= 0.6 is 11.3 Å². The van der Waals surface area contributed by atoms with Crippen molar-refractivity contribution in [1.82, 2.24) is 4.98 Å². The van der Waals surface area contributed by atoms with Crippen LogP contribution in [0.25, 0.3) is 10.2 Å². The van der Waals surface area contributed by atoms with Gasteiger partial charge in [-0.3, -0.25) is 0 Å². The highest BCUT2D eigenvalue weighted by Gasteiger charge is 2.17. The molecule has 0 aliphatic carbocycles. The van der Waals surface area contributed by atoms with Crippen molar-refractivity contribution in [3.8, 4) is 6.07 Å². The first-order chi connectivity index (χ1) is 8.88. The fraction of sp³-hybridized carbons (Fsp3) is 0.0667. The van der Waals surface area contributed by atoms with Gasteiger partial charge >= 0.3 is 0 Å². The number of nitrogens with zero attached hydrogens (tertiary/aromatic N) is 2. The Morgan fingerprint density at radius 3 is 2.44 bits per heavy atom. The van der Waals surface area contributed by atoms with Gasteiger partial charge in [0.2, 0.25) is 0 Å². The lowest BCUT2D eigenvalue weighted by Crippen LogP contribution is -1.96. The number of hydrogen-bond donors (Lipinski definition) is 0. The van der Waals surface area contributed by atoms with Crippen molar-refractivity contribution in [2.45, 2.75) is 5.92 Å². The van der Waals surface area contributed by atoms with Gasteiger partial charge in [0, 0.05) is 0 Å². The monoisotopic (exact) mass is 250 g/mol. The molecule has 0 fully saturated rings. The average molecular weight is 250 g/mol. The van der Waals surface area contributed by atoms with Gasteiger partial charge in [0.05, 0.1) is 16.3 Å². The van der Waals surface area contributed by atoms with E-state index in [2.05, 4.69) is 11.1 Å². The minimum absolute atomic E-state index is 0.274. The van der Waals surface area contributed by atoms with Gasteiger partial charge in [-0.25, -0.2) is 4.98 Å². The zero-order chi connectivity index (χ0) is 12.4. The van der Waals surface area contributed by atoms with Gasteiger partial charge in [0.25, 0.3) is 0 Å². The van der Waals surface area contributed by atoms with E-state index in [-0.39, 0.29) is 5.92 Å². The van der Waals surface area contributed by atoms with Crippen LogP contribution in [0.2, 0.25) is 0 Å². The third-order valence-electron chi connectivity index (χ3n) is 2.82. The normalized spacial score (nSPS) is 12.2. The SMILES string of the molecule is N#CC(c1ccccc1)c1nc2ccccc2s1. The van der Waals surface area contributed by atoms with E-state index in [1.54, 1.807) is 11.3 Å². The molecule has 0 saturated heterocycles. The maximum Gasteiger partial charge on any atom is 0.123 e. The third-order valence-corrected chi connectivity index (χ3v) is 3.92. The van der Waals surface area contributed by atoms with Gasteiger partial charge in [-0.2, -0.15) is 5.26 Å². The number of fused-ring (bicyclic) bond motifs is 1. The van der Waals surface area contributed by atoms with Crippen LogP contribution in [0, 0.1) is 11.3 Å². The Morgan fingerprint density at radius 1 is 1.00 bits per heavy atom. The molecular formula is C15H10N2S. The summed E-state index contributed by atoms with van der Waals surface area (Å²) in [5, 5.41) is 10.2. The molecule has 18 heavy (non-hydrogen) atoms. The summed E-state index contributed by atoms with van der Waals surface area (Å²) in [7, 11) is 0. The van der Waals surface area contributed by atoms with Crippen molar-refractivity contribution in [2.24, 2.45) is 0 Å². The highest BCUT2D eigenvalue weighted by molar-refractivity contribution is 7.18. The molecule has 2 aromatic carbocycles. The molecule has 1 heterocycles. The van der Waals surface area contributed by atoms with Crippen LogP contribution in [0.1, 0.15) is 16.5 Å². The summed E-state index contributed by atoms with van der Waals surface area (Å²) in [5.74, 6) is -0.274. The van der Waals surface area contributed by atoms with Crippen molar-refractivity contribution in [3.63, 3.8) is 0 Å². The number of nitriles is 1. The standard InChI is InChI=1S/C15H10N2S/c16-10-12(11-6-2-1-3-7-11)15-17-13-8-4-5-9-14(13)18-15/h1-9,12H. The molecule has 0 spiro atoms. The largest absolute Gasteiger partial charge is 0.239 e. The van der Waals surface area contributed by atoms with Gasteiger partial charge < -0.3 is 0 Å². The molecule has 0 bridgehead atoms. The fourth-order valence-electron chi connectivity index (χ4n) is 1.93. The lowest BCUT2D eigenvalue weighted by Gasteiger charge is -2.04. The Balaban J connectivity index is 2.10. The van der Waals surface area contributed by atoms with E-state index < -0.39 is 0 Å². The molecule has 1 aromatic heterocycles. The second kappa shape index (κ2) is 4.59. The first-order valence-electron chi connectivity index (χ1n) is 5.68. The predicted octanol–water partition coefficient (Wildman–Crippen LogP) is 3.95. The maximum absolute atomic E-state index is 9.37. The predicted molar refractivity (Wildman–Crippen MR) is 73.5 cm³/mol. The summed E-state index contributed by atoms with van der Waals surface area (Å²) < 4.78 is 1.13. The molecule has 0 aliphatic rings. The van der Waals surface area contributed by atoms with Crippen molar-refractivity contribution in [2.75, 3.05) is 0 Å². The average Bonchev–Trinajstić information content (AvgIpc) is 2.84. The van der Waals surface area contributed by atoms with E-state index in [0.717, 1.165) is 20.8 Å². The minimum Gasteiger partial charge on any atom is -0.239 e. The number of aromatic nitrogens is 1. The summed E-state index contributed by atoms with van der Waals surface area (Å²) in [4.78, 5) is 4.56. The highest BCUT2D eigenvalue weighted by Crippen LogP contribution is 2.31. The molecule has 3 rings (SSSR count). The van der Waals surface area contributed by atoms with Crippen LogP contribution in [0.5, 0.6) is 0 Å². The molecule has 2 nitrogen and oxygen atoms in total. The van der Waals surface area contributed by atoms with Crippen LogP contribution in [0.15, 0.2) is 54.6 Å². The lowest BCUT2D eigenvalue weighted by molar-refractivity contribution is 1.02. The van der Waals surface area contributed by atoms with Gasteiger partial charge in [0.15, 0.2) is 0 Å². The topological polar surface area (TPSA) is 36.7 Å². The number of benzene rings is 2. The Morgan fingerprint density at radius 2 is 1.72 bits per heavy atom. The Hall–Kier alpha value is -2.18. The first-order valence-corrected chi connectivity index (χ1v) is 6.50. The maximum atomic E-state index is 9.37. The van der Waals surface area contributed by atoms with E-state index in [4.69, 9.17) is 0 Å². The van der Waals surface area contributed by atoms with Crippen LogP contribution < -0.4 is 0 Å². The molecule has 0 aliphatic heterocycles. The van der Waals surface area contributed by atoms with Crippen molar-refractivity contribution >= 4 is 21.6 Å². The number of rotatable bonds is 2. The smallest absolute Gasteiger partial charge is 0.123 e. The molecule has 0 amide bonds. The Bertz CT molecular complexity index is 677. The first kappa shape index (κ1) is 10.9. The quantitative estimate of drug-likeness (QED) is 0.690. The van der Waals surface area contributed by atoms with Gasteiger partial charge in [-0.1, -0.05) is 42.5 Å². The molecule has 0 N–H and O–H groups in total. The molecule has 0 saturated carbocycles. The van der Waals surface area contributed by atoms with E-state index in [1.165, 1.54) is 0 Å². The van der Waals surface area contributed by atoms with E-state index in [1.807, 2.05) is 54.6 Å². The van der Waals surface area contributed by atoms with Crippen LogP contribution in [0.3, 0.4) is 0 Å². The molecule has 3 heteroatoms. The molecular weight excluding hydrogens is 240 g/mol. The summed E-state index contributed by atoms with van der Waals surface area (Å²) in [6, 6.07) is 20.1. The molecule has 1 unspecified atom stereocenters. The number of para-hydroxylation sites is 1. The zero-order valence-corrected chi connectivity index (χ0v) is 10.4. The summed E-state index contributed by atoms with van der Waals surface area (Å²) >= 11 is 1.59. The van der Waals surface area contributed by atoms with Crippen molar-refractivity contribution in [3.05, 3.63) is 65.2 Å². The second-order valence-corrected chi connectivity index (χ2v) is 5.05. The van der Waals surface area contributed by atoms with Gasteiger partial charge in [-0.05, 0) is 17.7 Å². The molecule has 3 aromatic rings. The number of hydrogen-bond acceptors (Lipinski definition) is 3. The minimum atomic E-state index is -0.274. The summed E-state index contributed by atoms with van der Waals surface area (Å²) in [6.45, 7) is 0. The van der Waals surface area contributed by atoms with Crippen LogP contribution in [-0.2, 0) is 0 Å².